The number of carbonyl (C=O) groups is 4. The van der Waals surface area contributed by atoms with Crippen molar-refractivity contribution in [3.8, 4) is 0 Å². The van der Waals surface area contributed by atoms with Gasteiger partial charge in [-0.05, 0) is 54.9 Å². The van der Waals surface area contributed by atoms with E-state index in [0.717, 1.165) is 33.3 Å². The minimum Gasteiger partial charge on any atom is -0.445 e. The molecule has 6 N–H and O–H groups in total. The molecule has 0 unspecified atom stereocenters. The number of H-pyrrole nitrogens is 1. The topological polar surface area (TPSA) is 155 Å². The van der Waals surface area contributed by atoms with Gasteiger partial charge in [0.05, 0.1) is 0 Å². The van der Waals surface area contributed by atoms with E-state index in [1.54, 1.807) is 13.8 Å². The van der Waals surface area contributed by atoms with Crippen LogP contribution in [0, 0.1) is 18.8 Å². The van der Waals surface area contributed by atoms with Gasteiger partial charge in [-0.2, -0.15) is 0 Å². The molecule has 1 heterocycles. The average molecular weight is 590 g/mol. The van der Waals surface area contributed by atoms with Crippen molar-refractivity contribution in [2.75, 3.05) is 0 Å². The summed E-state index contributed by atoms with van der Waals surface area (Å²) in [5.41, 5.74) is 9.05. The van der Waals surface area contributed by atoms with Crippen LogP contribution in [0.5, 0.6) is 0 Å². The number of amides is 4. The molecule has 0 saturated carbocycles. The number of primary amides is 1. The summed E-state index contributed by atoms with van der Waals surface area (Å²) in [6.45, 7) is 9.44. The first-order chi connectivity index (χ1) is 20.4. The minimum absolute atomic E-state index is 0.0559. The van der Waals surface area contributed by atoms with Gasteiger partial charge in [0.15, 0.2) is 0 Å². The SMILES string of the molecule is CC[C@H](C)[C@H](NC(=O)OCc1ccccc1)C(=O)N[C@]1(C(=O)N[C@H](C(N)=O)C(C)C)CCc2[nH]c3ccc(C)cc3c2C1. The molecule has 0 aliphatic heterocycles. The molecule has 10 heteroatoms. The van der Waals surface area contributed by atoms with Crippen molar-refractivity contribution in [2.45, 2.75) is 84.5 Å². The van der Waals surface area contributed by atoms with Gasteiger partial charge in [-0.15, -0.1) is 0 Å². The average Bonchev–Trinajstić information content (AvgIpc) is 3.33. The van der Waals surface area contributed by atoms with Crippen LogP contribution in [0.4, 0.5) is 4.79 Å². The van der Waals surface area contributed by atoms with Gasteiger partial charge in [0.1, 0.15) is 24.2 Å². The maximum Gasteiger partial charge on any atom is 0.408 e. The zero-order valence-corrected chi connectivity index (χ0v) is 25.6. The molecule has 43 heavy (non-hydrogen) atoms. The number of aromatic amines is 1. The molecule has 4 rings (SSSR count). The molecule has 0 saturated heterocycles. The predicted molar refractivity (Wildman–Crippen MR) is 165 cm³/mol. The monoisotopic (exact) mass is 589 g/mol. The lowest BCUT2D eigenvalue weighted by atomic mass is 9.78. The van der Waals surface area contributed by atoms with Gasteiger partial charge in [-0.3, -0.25) is 14.4 Å². The van der Waals surface area contributed by atoms with Crippen molar-refractivity contribution in [3.05, 3.63) is 70.9 Å². The van der Waals surface area contributed by atoms with E-state index in [9.17, 15) is 19.2 Å². The highest BCUT2D eigenvalue weighted by molar-refractivity contribution is 5.98. The van der Waals surface area contributed by atoms with E-state index >= 15 is 0 Å². The number of rotatable bonds is 11. The van der Waals surface area contributed by atoms with Crippen molar-refractivity contribution >= 4 is 34.7 Å². The van der Waals surface area contributed by atoms with E-state index in [1.807, 2.05) is 63.2 Å². The summed E-state index contributed by atoms with van der Waals surface area (Å²) in [7, 11) is 0. The number of fused-ring (bicyclic) bond motifs is 3. The van der Waals surface area contributed by atoms with E-state index in [4.69, 9.17) is 10.5 Å². The standard InChI is InChI=1S/C33H43N5O5/c1-6-21(5)28(37-32(42)43-18-22-10-8-7-9-11-22)30(40)38-33(31(41)36-27(19(2)3)29(34)39)15-14-26-24(17-33)23-16-20(4)12-13-25(23)35-26/h7-13,16,19,21,27-28,35H,6,14-15,17-18H2,1-5H3,(H2,34,39)(H,36,41)(H,37,42)(H,38,40)/t21-,27-,28-,33+/m0/s1. The van der Waals surface area contributed by atoms with Crippen LogP contribution in [0.2, 0.25) is 0 Å². The molecule has 1 aliphatic rings. The third-order valence-corrected chi connectivity index (χ3v) is 8.47. The number of aromatic nitrogens is 1. The van der Waals surface area contributed by atoms with Crippen molar-refractivity contribution < 1.29 is 23.9 Å². The number of aryl methyl sites for hydroxylation is 2. The summed E-state index contributed by atoms with van der Waals surface area (Å²) in [5.74, 6) is -2.14. The Morgan fingerprint density at radius 2 is 1.74 bits per heavy atom. The number of hydrogen-bond donors (Lipinski definition) is 5. The molecule has 230 valence electrons. The Bertz CT molecular complexity index is 1480. The molecule has 0 bridgehead atoms. The molecular formula is C33H43N5O5. The number of benzene rings is 2. The van der Waals surface area contributed by atoms with Gasteiger partial charge >= 0.3 is 6.09 Å². The molecule has 4 atom stereocenters. The molecule has 2 aromatic carbocycles. The van der Waals surface area contributed by atoms with Crippen LogP contribution < -0.4 is 21.7 Å². The molecule has 0 spiro atoms. The normalized spacial score (nSPS) is 18.3. The molecule has 0 radical (unpaired) electrons. The first-order valence-corrected chi connectivity index (χ1v) is 14.9. The Kier molecular flexibility index (Phi) is 9.78. The third-order valence-electron chi connectivity index (χ3n) is 8.47. The van der Waals surface area contributed by atoms with Gasteiger partial charge in [-0.1, -0.05) is 76.1 Å². The van der Waals surface area contributed by atoms with Crippen LogP contribution in [0.25, 0.3) is 10.9 Å². The number of carbonyl (C=O) groups excluding carboxylic acids is 4. The molecule has 10 nitrogen and oxygen atoms in total. The largest absolute Gasteiger partial charge is 0.445 e. The summed E-state index contributed by atoms with van der Waals surface area (Å²) in [6.07, 6.45) is 0.867. The molecule has 0 fully saturated rings. The Morgan fingerprint density at radius 3 is 2.40 bits per heavy atom. The summed E-state index contributed by atoms with van der Waals surface area (Å²) < 4.78 is 5.40. The fourth-order valence-electron chi connectivity index (χ4n) is 5.67. The number of hydrogen-bond acceptors (Lipinski definition) is 5. The summed E-state index contributed by atoms with van der Waals surface area (Å²) >= 11 is 0. The summed E-state index contributed by atoms with van der Waals surface area (Å²) in [4.78, 5) is 56.6. The highest BCUT2D eigenvalue weighted by atomic mass is 16.5. The Labute approximate surface area is 252 Å². The maximum atomic E-state index is 14.1. The first kappa shape index (κ1) is 31.6. The Balaban J connectivity index is 1.63. The van der Waals surface area contributed by atoms with Gasteiger partial charge in [0.25, 0.3) is 0 Å². The number of alkyl carbamates (subject to hydrolysis) is 1. The van der Waals surface area contributed by atoms with Crippen LogP contribution in [0.1, 0.15) is 62.9 Å². The Morgan fingerprint density at radius 1 is 1.02 bits per heavy atom. The second-order valence-corrected chi connectivity index (χ2v) is 12.0. The fraction of sp³-hybridized carbons (Fsp3) is 0.455. The van der Waals surface area contributed by atoms with Gasteiger partial charge < -0.3 is 31.4 Å². The highest BCUT2D eigenvalue weighted by Gasteiger charge is 2.46. The van der Waals surface area contributed by atoms with Crippen LogP contribution in [-0.4, -0.2) is 46.4 Å². The Hall–Kier alpha value is -4.34. The van der Waals surface area contributed by atoms with Crippen LogP contribution in [0.3, 0.4) is 0 Å². The second kappa shape index (κ2) is 13.3. The molecule has 3 aromatic rings. The number of nitrogens with one attached hydrogen (secondary N) is 4. The zero-order valence-electron chi connectivity index (χ0n) is 25.6. The first-order valence-electron chi connectivity index (χ1n) is 14.9. The summed E-state index contributed by atoms with van der Waals surface area (Å²) in [6, 6.07) is 13.5. The zero-order chi connectivity index (χ0) is 31.3. The maximum absolute atomic E-state index is 14.1. The summed E-state index contributed by atoms with van der Waals surface area (Å²) in [5, 5.41) is 9.57. The van der Waals surface area contributed by atoms with E-state index in [0.29, 0.717) is 19.3 Å². The van der Waals surface area contributed by atoms with Crippen LogP contribution in [-0.2, 0) is 38.6 Å². The molecule has 4 amide bonds. The lowest BCUT2D eigenvalue weighted by Crippen LogP contribution is -2.67. The lowest BCUT2D eigenvalue weighted by molar-refractivity contribution is -0.137. The minimum atomic E-state index is -1.38. The van der Waals surface area contributed by atoms with Crippen molar-refractivity contribution in [2.24, 2.45) is 17.6 Å². The predicted octanol–water partition coefficient (Wildman–Crippen LogP) is 3.79. The third kappa shape index (κ3) is 7.18. The highest BCUT2D eigenvalue weighted by Crippen LogP contribution is 2.35. The van der Waals surface area contributed by atoms with Crippen LogP contribution >= 0.6 is 0 Å². The van der Waals surface area contributed by atoms with E-state index in [-0.39, 0.29) is 24.9 Å². The lowest BCUT2D eigenvalue weighted by Gasteiger charge is -2.39. The quantitative estimate of drug-likeness (QED) is 0.230. The molecule has 1 aliphatic carbocycles. The van der Waals surface area contributed by atoms with Gasteiger partial charge in [0.2, 0.25) is 17.7 Å². The van der Waals surface area contributed by atoms with Crippen molar-refractivity contribution in [1.82, 2.24) is 20.9 Å². The number of ether oxygens (including phenoxy) is 1. The molecular weight excluding hydrogens is 546 g/mol. The second-order valence-electron chi connectivity index (χ2n) is 12.0. The van der Waals surface area contributed by atoms with Gasteiger partial charge in [-0.25, -0.2) is 4.79 Å². The van der Waals surface area contributed by atoms with E-state index in [1.165, 1.54) is 0 Å². The smallest absolute Gasteiger partial charge is 0.408 e. The van der Waals surface area contributed by atoms with Crippen molar-refractivity contribution in [1.29, 1.82) is 0 Å². The fourth-order valence-corrected chi connectivity index (χ4v) is 5.67. The van der Waals surface area contributed by atoms with Crippen LogP contribution in [0.15, 0.2) is 48.5 Å². The number of nitrogens with two attached hydrogens (primary N) is 1. The van der Waals surface area contributed by atoms with E-state index in [2.05, 4.69) is 27.0 Å². The molecule has 1 aromatic heterocycles. The van der Waals surface area contributed by atoms with Gasteiger partial charge in [0, 0.05) is 23.0 Å². The van der Waals surface area contributed by atoms with Crippen molar-refractivity contribution in [3.63, 3.8) is 0 Å². The van der Waals surface area contributed by atoms with E-state index < -0.39 is 41.4 Å².